The Labute approximate surface area is 167 Å². The average Bonchev–Trinajstić information content (AvgIpc) is 2.71. The van der Waals surface area contributed by atoms with Gasteiger partial charge in [0.2, 0.25) is 0 Å². The molecule has 5 heteroatoms. The van der Waals surface area contributed by atoms with Crippen molar-refractivity contribution in [2.24, 2.45) is 0 Å². The third-order valence-electron chi connectivity index (χ3n) is 5.37. The Bertz CT molecular complexity index is 741. The number of piperidine rings is 1. The van der Waals surface area contributed by atoms with Gasteiger partial charge in [-0.1, -0.05) is 18.2 Å². The van der Waals surface area contributed by atoms with E-state index in [1.807, 2.05) is 12.1 Å². The van der Waals surface area contributed by atoms with Crippen LogP contribution in [0.25, 0.3) is 0 Å². The van der Waals surface area contributed by atoms with Gasteiger partial charge in [0.25, 0.3) is 0 Å². The molecule has 1 heterocycles. The molecule has 0 spiro atoms. The Morgan fingerprint density at radius 3 is 2.44 bits per heavy atom. The number of hydrogen-bond donors (Lipinski definition) is 3. The molecule has 1 saturated heterocycles. The number of aryl methyl sites for hydroxylation is 1. The fraction of sp³-hybridized carbons (Fsp3) is 0.409. The van der Waals surface area contributed by atoms with E-state index < -0.39 is 0 Å². The van der Waals surface area contributed by atoms with Crippen LogP contribution in [-0.2, 0) is 0 Å². The highest BCUT2D eigenvalue weighted by atomic mass is 32.1. The molecule has 144 valence electrons. The van der Waals surface area contributed by atoms with Crippen molar-refractivity contribution < 1.29 is 9.64 Å². The molecule has 1 aliphatic rings. The van der Waals surface area contributed by atoms with Crippen LogP contribution in [0.15, 0.2) is 48.5 Å². The minimum atomic E-state index is 0.382. The first kappa shape index (κ1) is 19.6. The van der Waals surface area contributed by atoms with Gasteiger partial charge in [0, 0.05) is 11.3 Å². The van der Waals surface area contributed by atoms with Crippen LogP contribution in [0.4, 0.5) is 5.69 Å². The third kappa shape index (κ3) is 5.44. The van der Waals surface area contributed by atoms with E-state index in [0.717, 1.165) is 18.0 Å². The molecule has 1 aliphatic heterocycles. The summed E-state index contributed by atoms with van der Waals surface area (Å²) < 4.78 is 5.32. The topological polar surface area (TPSA) is 37.7 Å². The van der Waals surface area contributed by atoms with Crippen LogP contribution in [-0.4, -0.2) is 31.9 Å². The van der Waals surface area contributed by atoms with Crippen molar-refractivity contribution in [3.8, 4) is 5.75 Å². The molecule has 27 heavy (non-hydrogen) atoms. The number of benzene rings is 2. The minimum absolute atomic E-state index is 0.382. The molecular weight excluding hydrogens is 354 g/mol. The summed E-state index contributed by atoms with van der Waals surface area (Å²) in [4.78, 5) is 1.64. The standard InChI is InChI=1S/C22H29N3OS/c1-17-8-4-5-9-20(17)24-22(27)23-16-21(25-14-6-3-7-15-25)18-10-12-19(26-2)13-11-18/h4-5,8-13,21H,3,6-7,14-16H2,1-2H3,(H2,23,24,27)/p+1/t21-/m0/s1. The molecule has 2 aromatic carbocycles. The fourth-order valence-electron chi connectivity index (χ4n) is 3.76. The number of para-hydroxylation sites is 1. The molecule has 0 bridgehead atoms. The first-order valence-corrected chi connectivity index (χ1v) is 10.2. The smallest absolute Gasteiger partial charge is 0.171 e. The minimum Gasteiger partial charge on any atom is -0.497 e. The second-order valence-electron chi connectivity index (χ2n) is 7.19. The van der Waals surface area contributed by atoms with Crippen molar-refractivity contribution in [2.45, 2.75) is 32.2 Å². The molecule has 0 unspecified atom stereocenters. The van der Waals surface area contributed by atoms with Gasteiger partial charge < -0.3 is 20.3 Å². The number of thiocarbonyl (C=S) groups is 1. The Hall–Kier alpha value is -2.11. The van der Waals surface area contributed by atoms with Gasteiger partial charge in [-0.2, -0.15) is 0 Å². The summed E-state index contributed by atoms with van der Waals surface area (Å²) in [5, 5.41) is 7.46. The van der Waals surface area contributed by atoms with E-state index in [2.05, 4.69) is 54.0 Å². The number of likely N-dealkylation sites (tertiary alicyclic amines) is 1. The van der Waals surface area contributed by atoms with Crippen LogP contribution < -0.4 is 20.3 Å². The van der Waals surface area contributed by atoms with Gasteiger partial charge in [0.1, 0.15) is 11.8 Å². The van der Waals surface area contributed by atoms with Gasteiger partial charge in [-0.15, -0.1) is 0 Å². The second-order valence-corrected chi connectivity index (χ2v) is 7.60. The van der Waals surface area contributed by atoms with E-state index >= 15 is 0 Å². The monoisotopic (exact) mass is 384 g/mol. The Morgan fingerprint density at radius 2 is 1.78 bits per heavy atom. The predicted octanol–water partition coefficient (Wildman–Crippen LogP) is 3.10. The van der Waals surface area contributed by atoms with Gasteiger partial charge >= 0.3 is 0 Å². The average molecular weight is 385 g/mol. The van der Waals surface area contributed by atoms with Crippen LogP contribution in [0.5, 0.6) is 5.75 Å². The Kier molecular flexibility index (Phi) is 7.07. The van der Waals surface area contributed by atoms with Crippen LogP contribution in [0.3, 0.4) is 0 Å². The lowest BCUT2D eigenvalue weighted by atomic mass is 10.0. The molecule has 3 rings (SSSR count). The third-order valence-corrected chi connectivity index (χ3v) is 5.61. The molecule has 0 amide bonds. The molecule has 0 saturated carbocycles. The molecule has 0 radical (unpaired) electrons. The largest absolute Gasteiger partial charge is 0.497 e. The maximum atomic E-state index is 5.55. The maximum Gasteiger partial charge on any atom is 0.171 e. The lowest BCUT2D eigenvalue weighted by Crippen LogP contribution is -3.13. The van der Waals surface area contributed by atoms with E-state index in [0.29, 0.717) is 11.2 Å². The van der Waals surface area contributed by atoms with Crippen LogP contribution >= 0.6 is 12.2 Å². The van der Waals surface area contributed by atoms with Gasteiger partial charge in [-0.3, -0.25) is 0 Å². The molecule has 0 aliphatic carbocycles. The van der Waals surface area contributed by atoms with E-state index in [4.69, 9.17) is 17.0 Å². The number of rotatable bonds is 6. The summed E-state index contributed by atoms with van der Waals surface area (Å²) in [7, 11) is 1.71. The number of hydrogen-bond acceptors (Lipinski definition) is 2. The van der Waals surface area contributed by atoms with E-state index in [1.54, 1.807) is 12.0 Å². The Balaban J connectivity index is 1.67. The highest BCUT2D eigenvalue weighted by molar-refractivity contribution is 7.80. The summed E-state index contributed by atoms with van der Waals surface area (Å²) in [5.41, 5.74) is 3.58. The lowest BCUT2D eigenvalue weighted by molar-refractivity contribution is -0.934. The van der Waals surface area contributed by atoms with Gasteiger partial charge in [0.05, 0.1) is 26.7 Å². The van der Waals surface area contributed by atoms with Crippen molar-refractivity contribution >= 4 is 23.0 Å². The fourth-order valence-corrected chi connectivity index (χ4v) is 3.96. The Morgan fingerprint density at radius 1 is 1.07 bits per heavy atom. The molecule has 1 fully saturated rings. The summed E-state index contributed by atoms with van der Waals surface area (Å²) in [6, 6.07) is 17.1. The number of quaternary nitrogens is 1. The number of ether oxygens (including phenoxy) is 1. The van der Waals surface area contributed by atoms with Crippen LogP contribution in [0.2, 0.25) is 0 Å². The highest BCUT2D eigenvalue weighted by Gasteiger charge is 2.26. The SMILES string of the molecule is COc1ccc([C@H](CNC(=S)Nc2ccccc2C)[NH+]2CCCCC2)cc1. The maximum absolute atomic E-state index is 5.55. The zero-order valence-electron chi connectivity index (χ0n) is 16.3. The van der Waals surface area contributed by atoms with Crippen molar-refractivity contribution in [3.63, 3.8) is 0 Å². The first-order chi connectivity index (χ1) is 13.2. The first-order valence-electron chi connectivity index (χ1n) is 9.76. The van der Waals surface area contributed by atoms with Gasteiger partial charge in [-0.05, 0) is 74.3 Å². The molecule has 1 atom stereocenters. The predicted molar refractivity (Wildman–Crippen MR) is 116 cm³/mol. The quantitative estimate of drug-likeness (QED) is 0.669. The summed E-state index contributed by atoms with van der Waals surface area (Å²) >= 11 is 5.55. The van der Waals surface area contributed by atoms with Crippen molar-refractivity contribution in [1.29, 1.82) is 0 Å². The van der Waals surface area contributed by atoms with E-state index in [-0.39, 0.29) is 0 Å². The van der Waals surface area contributed by atoms with E-state index in [9.17, 15) is 0 Å². The number of anilines is 1. The zero-order valence-corrected chi connectivity index (χ0v) is 17.1. The highest BCUT2D eigenvalue weighted by Crippen LogP contribution is 2.17. The molecule has 3 N–H and O–H groups in total. The van der Waals surface area contributed by atoms with Crippen molar-refractivity contribution in [2.75, 3.05) is 32.1 Å². The summed E-state index contributed by atoms with van der Waals surface area (Å²) in [6.07, 6.45) is 3.95. The van der Waals surface area contributed by atoms with Gasteiger partial charge in [-0.25, -0.2) is 0 Å². The molecule has 0 aromatic heterocycles. The van der Waals surface area contributed by atoms with E-state index in [1.165, 1.54) is 43.5 Å². The van der Waals surface area contributed by atoms with Crippen LogP contribution in [0.1, 0.15) is 36.4 Å². The van der Waals surface area contributed by atoms with Crippen molar-refractivity contribution in [1.82, 2.24) is 5.32 Å². The molecule has 4 nitrogen and oxygen atoms in total. The molecule has 2 aromatic rings. The number of methoxy groups -OCH3 is 1. The lowest BCUT2D eigenvalue weighted by Gasteiger charge is -2.32. The number of nitrogens with one attached hydrogen (secondary N) is 3. The zero-order chi connectivity index (χ0) is 19.1. The molecular formula is C22H30N3OS+. The van der Waals surface area contributed by atoms with Crippen LogP contribution in [0, 0.1) is 6.92 Å². The summed E-state index contributed by atoms with van der Waals surface area (Å²) in [5.74, 6) is 0.899. The second kappa shape index (κ2) is 9.72. The van der Waals surface area contributed by atoms with Gasteiger partial charge in [0.15, 0.2) is 5.11 Å². The van der Waals surface area contributed by atoms with Crippen molar-refractivity contribution in [3.05, 3.63) is 59.7 Å². The normalized spacial score (nSPS) is 15.8. The summed E-state index contributed by atoms with van der Waals surface area (Å²) in [6.45, 7) is 5.34.